The molecular formula is C15H15BrN2O2. The minimum absolute atomic E-state index is 0.205. The van der Waals surface area contributed by atoms with Crippen LogP contribution >= 0.6 is 15.9 Å². The summed E-state index contributed by atoms with van der Waals surface area (Å²) in [5.41, 5.74) is 1.89. The van der Waals surface area contributed by atoms with E-state index in [0.717, 1.165) is 9.99 Å². The highest BCUT2D eigenvalue weighted by Gasteiger charge is 2.54. The fraction of sp³-hybridized carbons (Fsp3) is 0.467. The molecular weight excluding hydrogens is 320 g/mol. The number of Topliss-reactive ketones (excluding diaryl/α,β-unsaturated/α-hetero) is 1. The van der Waals surface area contributed by atoms with E-state index >= 15 is 0 Å². The second-order valence-electron chi connectivity index (χ2n) is 5.96. The number of carbonyl (C=O) groups is 1. The Labute approximate surface area is 124 Å². The number of ketones is 1. The molecule has 2 atom stereocenters. The number of hydrogen-bond donors (Lipinski definition) is 2. The van der Waals surface area contributed by atoms with Crippen LogP contribution in [0.1, 0.15) is 36.0 Å². The Morgan fingerprint density at radius 2 is 1.70 bits per heavy atom. The molecule has 2 aromatic rings. The van der Waals surface area contributed by atoms with Crippen molar-refractivity contribution in [1.29, 1.82) is 0 Å². The molecule has 0 radical (unpaired) electrons. The van der Waals surface area contributed by atoms with Gasteiger partial charge in [-0.2, -0.15) is 0 Å². The second kappa shape index (κ2) is 4.32. The van der Waals surface area contributed by atoms with Gasteiger partial charge in [0.1, 0.15) is 0 Å². The number of imidazole rings is 1. The predicted molar refractivity (Wildman–Crippen MR) is 79.9 cm³/mol. The van der Waals surface area contributed by atoms with E-state index < -0.39 is 0 Å². The molecule has 2 aliphatic carbocycles. The summed E-state index contributed by atoms with van der Waals surface area (Å²) >= 11 is 3.47. The summed E-state index contributed by atoms with van der Waals surface area (Å²) in [5.74, 6) is 1.64. The van der Waals surface area contributed by atoms with Gasteiger partial charge in [0.2, 0.25) is 0 Å². The average molecular weight is 335 g/mol. The van der Waals surface area contributed by atoms with Gasteiger partial charge in [0, 0.05) is 16.0 Å². The third-order valence-electron chi connectivity index (χ3n) is 4.83. The zero-order valence-electron chi connectivity index (χ0n) is 10.9. The molecule has 0 amide bonds. The zero-order chi connectivity index (χ0) is 13.9. The van der Waals surface area contributed by atoms with E-state index in [1.165, 1.54) is 25.7 Å². The Bertz CT molecular complexity index is 749. The van der Waals surface area contributed by atoms with Gasteiger partial charge < -0.3 is 9.97 Å². The Morgan fingerprint density at radius 1 is 1.10 bits per heavy atom. The van der Waals surface area contributed by atoms with Gasteiger partial charge in [0.15, 0.2) is 5.78 Å². The smallest absolute Gasteiger partial charge is 0.306 e. The van der Waals surface area contributed by atoms with Crippen LogP contribution in [0.2, 0.25) is 0 Å². The molecule has 1 aromatic carbocycles. The number of carbonyl (C=O) groups excluding carboxylic acids is 1. The van der Waals surface area contributed by atoms with Gasteiger partial charge >= 0.3 is 5.69 Å². The molecule has 0 saturated heterocycles. The Morgan fingerprint density at radius 3 is 2.35 bits per heavy atom. The van der Waals surface area contributed by atoms with Crippen molar-refractivity contribution < 1.29 is 4.79 Å². The first kappa shape index (κ1) is 12.4. The number of halogens is 1. The molecule has 2 saturated carbocycles. The van der Waals surface area contributed by atoms with Gasteiger partial charge in [-0.15, -0.1) is 0 Å². The topological polar surface area (TPSA) is 65.7 Å². The molecule has 2 N–H and O–H groups in total. The molecule has 0 aliphatic heterocycles. The van der Waals surface area contributed by atoms with E-state index in [1.807, 2.05) is 6.07 Å². The van der Waals surface area contributed by atoms with Crippen molar-refractivity contribution in [3.63, 3.8) is 0 Å². The molecule has 2 unspecified atom stereocenters. The van der Waals surface area contributed by atoms with Gasteiger partial charge in [0.25, 0.3) is 0 Å². The number of H-pyrrole nitrogens is 2. The van der Waals surface area contributed by atoms with Crippen LogP contribution in [0.4, 0.5) is 0 Å². The van der Waals surface area contributed by atoms with E-state index in [-0.39, 0.29) is 17.4 Å². The molecule has 2 fully saturated rings. The zero-order valence-corrected chi connectivity index (χ0v) is 12.5. The maximum Gasteiger partial charge on any atom is 0.323 e. The molecule has 4 nitrogen and oxygen atoms in total. The number of nitrogens with one attached hydrogen (secondary N) is 2. The highest BCUT2D eigenvalue weighted by molar-refractivity contribution is 9.10. The lowest BCUT2D eigenvalue weighted by atomic mass is 10.0. The summed E-state index contributed by atoms with van der Waals surface area (Å²) in [6.45, 7) is 0. The van der Waals surface area contributed by atoms with Crippen LogP contribution in [0.3, 0.4) is 0 Å². The van der Waals surface area contributed by atoms with Crippen molar-refractivity contribution in [2.45, 2.75) is 25.7 Å². The third kappa shape index (κ3) is 1.79. The Kier molecular flexibility index (Phi) is 2.67. The first-order valence-corrected chi connectivity index (χ1v) is 7.90. The number of rotatable bonds is 2. The van der Waals surface area contributed by atoms with Crippen LogP contribution in [0.5, 0.6) is 0 Å². The molecule has 104 valence electrons. The van der Waals surface area contributed by atoms with Crippen molar-refractivity contribution >= 4 is 32.7 Å². The Hall–Kier alpha value is -1.36. The molecule has 5 heteroatoms. The van der Waals surface area contributed by atoms with Crippen molar-refractivity contribution in [2.24, 2.45) is 17.8 Å². The number of aromatic amines is 2. The molecule has 4 rings (SSSR count). The molecule has 2 aliphatic rings. The largest absolute Gasteiger partial charge is 0.323 e. The van der Waals surface area contributed by atoms with Crippen molar-refractivity contribution in [3.8, 4) is 0 Å². The summed E-state index contributed by atoms with van der Waals surface area (Å²) in [6.07, 6.45) is 4.91. The van der Waals surface area contributed by atoms with E-state index in [4.69, 9.17) is 0 Å². The maximum absolute atomic E-state index is 12.7. The van der Waals surface area contributed by atoms with Crippen molar-refractivity contribution in [3.05, 3.63) is 32.7 Å². The highest BCUT2D eigenvalue weighted by atomic mass is 79.9. The lowest BCUT2D eigenvalue weighted by molar-refractivity contribution is 0.0955. The first-order chi connectivity index (χ1) is 9.65. The second-order valence-corrected chi connectivity index (χ2v) is 6.81. The minimum Gasteiger partial charge on any atom is -0.306 e. The van der Waals surface area contributed by atoms with Gasteiger partial charge in [-0.25, -0.2) is 4.79 Å². The van der Waals surface area contributed by atoms with E-state index in [0.29, 0.717) is 22.9 Å². The number of hydrogen-bond acceptors (Lipinski definition) is 2. The van der Waals surface area contributed by atoms with Crippen LogP contribution in [0.25, 0.3) is 11.0 Å². The first-order valence-electron chi connectivity index (χ1n) is 7.11. The summed E-state index contributed by atoms with van der Waals surface area (Å²) < 4.78 is 0.772. The SMILES string of the molecule is O=C(c1cc2[nH]c(=O)[nH]c2cc1Br)C1C2CCCCC21. The predicted octanol–water partition coefficient (Wildman–Crippen LogP) is 3.24. The summed E-state index contributed by atoms with van der Waals surface area (Å²) in [5, 5.41) is 0. The number of aromatic nitrogens is 2. The lowest BCUT2D eigenvalue weighted by Crippen LogP contribution is -2.05. The van der Waals surface area contributed by atoms with Crippen molar-refractivity contribution in [1.82, 2.24) is 9.97 Å². The monoisotopic (exact) mass is 334 g/mol. The maximum atomic E-state index is 12.7. The highest BCUT2D eigenvalue weighted by Crippen LogP contribution is 2.56. The third-order valence-corrected chi connectivity index (χ3v) is 5.48. The quantitative estimate of drug-likeness (QED) is 0.828. The van der Waals surface area contributed by atoms with Gasteiger partial charge in [-0.3, -0.25) is 4.79 Å². The van der Waals surface area contributed by atoms with Crippen LogP contribution in [-0.2, 0) is 0 Å². The average Bonchev–Trinajstić information content (AvgIpc) is 3.04. The Balaban J connectivity index is 1.72. The fourth-order valence-corrected chi connectivity index (χ4v) is 4.34. The molecule has 20 heavy (non-hydrogen) atoms. The summed E-state index contributed by atoms with van der Waals surface area (Å²) in [7, 11) is 0. The van der Waals surface area contributed by atoms with Crippen molar-refractivity contribution in [2.75, 3.05) is 0 Å². The molecule has 0 spiro atoms. The van der Waals surface area contributed by atoms with E-state index in [9.17, 15) is 9.59 Å². The summed E-state index contributed by atoms with van der Waals surface area (Å²) in [6, 6.07) is 3.61. The van der Waals surface area contributed by atoms with Gasteiger partial charge in [-0.05, 0) is 52.7 Å². The number of benzene rings is 1. The molecule has 0 bridgehead atoms. The minimum atomic E-state index is -0.239. The molecule has 1 heterocycles. The van der Waals surface area contributed by atoms with E-state index in [1.54, 1.807) is 6.07 Å². The van der Waals surface area contributed by atoms with Gasteiger partial charge in [0.05, 0.1) is 11.0 Å². The van der Waals surface area contributed by atoms with Crippen LogP contribution in [0, 0.1) is 17.8 Å². The van der Waals surface area contributed by atoms with Crippen LogP contribution < -0.4 is 5.69 Å². The van der Waals surface area contributed by atoms with Crippen LogP contribution in [0.15, 0.2) is 21.4 Å². The number of fused-ring (bicyclic) bond motifs is 2. The standard InChI is InChI=1S/C15H15BrN2O2/c16-10-6-12-11(17-15(20)18-12)5-9(10)14(19)13-7-3-1-2-4-8(7)13/h5-8,13H,1-4H2,(H2,17,18,20). The molecule has 1 aromatic heterocycles. The van der Waals surface area contributed by atoms with Gasteiger partial charge in [-0.1, -0.05) is 12.8 Å². The normalized spacial score (nSPS) is 28.4. The summed E-state index contributed by atoms with van der Waals surface area (Å²) in [4.78, 5) is 29.5. The lowest BCUT2D eigenvalue weighted by Gasteiger charge is -2.04. The fourth-order valence-electron chi connectivity index (χ4n) is 3.81. The van der Waals surface area contributed by atoms with E-state index in [2.05, 4.69) is 25.9 Å². The van der Waals surface area contributed by atoms with Crippen LogP contribution in [-0.4, -0.2) is 15.8 Å².